The van der Waals surface area contributed by atoms with Crippen LogP contribution in [0.2, 0.25) is 0 Å². The summed E-state index contributed by atoms with van der Waals surface area (Å²) < 4.78 is 20.7. The zero-order chi connectivity index (χ0) is 22.4. The molecule has 2 unspecified atom stereocenters. The highest BCUT2D eigenvalue weighted by Crippen LogP contribution is 2.40. The first-order valence-electron chi connectivity index (χ1n) is 11.7. The van der Waals surface area contributed by atoms with Crippen LogP contribution in [0.15, 0.2) is 42.6 Å². The summed E-state index contributed by atoms with van der Waals surface area (Å²) in [5, 5.41) is 8.46. The average molecular weight is 450 g/mol. The molecule has 0 spiro atoms. The average Bonchev–Trinajstić information content (AvgIpc) is 3.35. The van der Waals surface area contributed by atoms with Gasteiger partial charge in [-0.05, 0) is 61.4 Å². The molecule has 33 heavy (non-hydrogen) atoms. The van der Waals surface area contributed by atoms with Gasteiger partial charge in [-0.15, -0.1) is 5.10 Å². The summed E-state index contributed by atoms with van der Waals surface area (Å²) in [4.78, 5) is 13.7. The number of fused-ring (bicyclic) bond motifs is 3. The van der Waals surface area contributed by atoms with Gasteiger partial charge in [-0.2, -0.15) is 4.98 Å². The minimum Gasteiger partial charge on any atom is -0.481 e. The van der Waals surface area contributed by atoms with Crippen molar-refractivity contribution in [1.29, 1.82) is 0 Å². The molecule has 1 N–H and O–H groups in total. The number of ether oxygens (including phenoxy) is 1. The number of pyridine rings is 1. The monoisotopic (exact) mass is 449 g/mol. The SMILES string of the molecule is COc1cc(N2CC3CC[C@@H](C2)C3Nc2nc3n(n2)CCCN3c2ccc(F)cc2)ccn1. The highest BCUT2D eigenvalue weighted by molar-refractivity contribution is 5.59. The van der Waals surface area contributed by atoms with Crippen molar-refractivity contribution in [3.63, 3.8) is 0 Å². The molecule has 8 nitrogen and oxygen atoms in total. The molecule has 4 heterocycles. The van der Waals surface area contributed by atoms with Crippen LogP contribution < -0.4 is 19.9 Å². The van der Waals surface area contributed by atoms with Crippen molar-refractivity contribution in [2.24, 2.45) is 11.8 Å². The summed E-state index contributed by atoms with van der Waals surface area (Å²) in [6.07, 6.45) is 5.20. The van der Waals surface area contributed by atoms with Gasteiger partial charge in [-0.1, -0.05) is 0 Å². The van der Waals surface area contributed by atoms with E-state index in [-0.39, 0.29) is 5.82 Å². The summed E-state index contributed by atoms with van der Waals surface area (Å²) in [7, 11) is 1.65. The largest absolute Gasteiger partial charge is 0.481 e. The summed E-state index contributed by atoms with van der Waals surface area (Å²) in [5.74, 6) is 3.02. The molecule has 2 aromatic heterocycles. The second kappa shape index (κ2) is 8.20. The van der Waals surface area contributed by atoms with Gasteiger partial charge in [0.05, 0.1) is 7.11 Å². The van der Waals surface area contributed by atoms with E-state index in [9.17, 15) is 4.39 Å². The van der Waals surface area contributed by atoms with Gasteiger partial charge in [-0.25, -0.2) is 14.1 Å². The first kappa shape index (κ1) is 20.3. The lowest BCUT2D eigenvalue weighted by atomic mass is 9.92. The standard InChI is InChI=1S/C24H28FN7O/c1-33-21-13-20(9-10-26-21)30-14-16-3-4-17(15-30)22(16)27-23-28-24-31(11-2-12-32(24)29-23)19-7-5-18(25)6-8-19/h5-10,13,16-17,22H,2-4,11-12,14-15H2,1H3,(H,27,29)/t16-,17?,22?/m0/s1. The molecule has 1 aliphatic carbocycles. The van der Waals surface area contributed by atoms with Gasteiger partial charge in [0.1, 0.15) is 5.82 Å². The van der Waals surface area contributed by atoms with E-state index in [2.05, 4.69) is 26.2 Å². The molecule has 1 saturated carbocycles. The van der Waals surface area contributed by atoms with E-state index in [1.54, 1.807) is 19.2 Å². The number of hydrogen-bond donors (Lipinski definition) is 1. The molecule has 2 bridgehead atoms. The molecule has 2 fully saturated rings. The predicted octanol–water partition coefficient (Wildman–Crippen LogP) is 3.69. The van der Waals surface area contributed by atoms with E-state index >= 15 is 0 Å². The van der Waals surface area contributed by atoms with Crippen molar-refractivity contribution in [3.8, 4) is 5.88 Å². The van der Waals surface area contributed by atoms with Crippen molar-refractivity contribution >= 4 is 23.3 Å². The van der Waals surface area contributed by atoms with Crippen LogP contribution >= 0.6 is 0 Å². The van der Waals surface area contributed by atoms with E-state index in [1.165, 1.54) is 30.7 Å². The Balaban J connectivity index is 1.19. The van der Waals surface area contributed by atoms with Gasteiger partial charge < -0.3 is 19.9 Å². The van der Waals surface area contributed by atoms with Crippen LogP contribution in [0.25, 0.3) is 0 Å². The van der Waals surface area contributed by atoms with Crippen molar-refractivity contribution < 1.29 is 9.13 Å². The lowest BCUT2D eigenvalue weighted by Gasteiger charge is -2.39. The molecule has 0 amide bonds. The molecule has 9 heteroatoms. The Morgan fingerprint density at radius 3 is 2.58 bits per heavy atom. The number of nitrogens with one attached hydrogen (secondary N) is 1. The van der Waals surface area contributed by atoms with Crippen molar-refractivity contribution in [2.75, 3.05) is 41.9 Å². The number of rotatable bonds is 5. The third-order valence-corrected chi connectivity index (χ3v) is 7.21. The highest BCUT2D eigenvalue weighted by atomic mass is 19.1. The lowest BCUT2D eigenvalue weighted by molar-refractivity contribution is 0.374. The van der Waals surface area contributed by atoms with Crippen LogP contribution in [-0.4, -0.2) is 52.5 Å². The fourth-order valence-corrected chi connectivity index (χ4v) is 5.61. The summed E-state index contributed by atoms with van der Waals surface area (Å²) in [6.45, 7) is 3.69. The molecule has 6 rings (SSSR count). The second-order valence-corrected chi connectivity index (χ2v) is 9.17. The molecule has 0 radical (unpaired) electrons. The Morgan fingerprint density at radius 2 is 1.82 bits per heavy atom. The molecule has 3 aromatic rings. The Bertz CT molecular complexity index is 1120. The number of hydrogen-bond acceptors (Lipinski definition) is 7. The maximum Gasteiger partial charge on any atom is 0.244 e. The van der Waals surface area contributed by atoms with Crippen LogP contribution in [0.3, 0.4) is 0 Å². The Labute approximate surface area is 192 Å². The third-order valence-electron chi connectivity index (χ3n) is 7.21. The molecule has 2 aliphatic heterocycles. The molecule has 172 valence electrons. The van der Waals surface area contributed by atoms with E-state index < -0.39 is 0 Å². The van der Waals surface area contributed by atoms with Crippen molar-refractivity contribution in [3.05, 3.63) is 48.4 Å². The molecule has 1 aromatic carbocycles. The predicted molar refractivity (Wildman–Crippen MR) is 125 cm³/mol. The summed E-state index contributed by atoms with van der Waals surface area (Å²) in [5.41, 5.74) is 2.11. The van der Waals surface area contributed by atoms with E-state index in [1.807, 2.05) is 16.9 Å². The number of nitrogens with zero attached hydrogens (tertiary/aromatic N) is 6. The van der Waals surface area contributed by atoms with Gasteiger partial charge >= 0.3 is 0 Å². The number of aryl methyl sites for hydroxylation is 1. The Kier molecular flexibility index (Phi) is 5.04. The number of aromatic nitrogens is 4. The van der Waals surface area contributed by atoms with Crippen LogP contribution in [-0.2, 0) is 6.54 Å². The Hall–Kier alpha value is -3.36. The fraction of sp³-hybridized carbons (Fsp3) is 0.458. The van der Waals surface area contributed by atoms with E-state index in [0.717, 1.165) is 44.2 Å². The molecular formula is C24H28FN7O. The molecule has 3 aliphatic rings. The maximum atomic E-state index is 13.4. The highest BCUT2D eigenvalue weighted by Gasteiger charge is 2.43. The summed E-state index contributed by atoms with van der Waals surface area (Å²) in [6, 6.07) is 11.0. The van der Waals surface area contributed by atoms with Gasteiger partial charge in [-0.3, -0.25) is 0 Å². The van der Waals surface area contributed by atoms with Crippen LogP contribution in [0.1, 0.15) is 19.3 Å². The summed E-state index contributed by atoms with van der Waals surface area (Å²) >= 11 is 0. The smallest absolute Gasteiger partial charge is 0.244 e. The quantitative estimate of drug-likeness (QED) is 0.637. The minimum absolute atomic E-state index is 0.230. The first-order valence-corrected chi connectivity index (χ1v) is 11.7. The normalized spacial score (nSPS) is 24.0. The van der Waals surface area contributed by atoms with Crippen molar-refractivity contribution in [2.45, 2.75) is 31.8 Å². The van der Waals surface area contributed by atoms with Gasteiger partial charge in [0.2, 0.25) is 17.8 Å². The first-order chi connectivity index (χ1) is 16.2. The minimum atomic E-state index is -0.230. The number of methoxy groups -OCH3 is 1. The van der Waals surface area contributed by atoms with Crippen molar-refractivity contribution in [1.82, 2.24) is 19.7 Å². The lowest BCUT2D eigenvalue weighted by Crippen LogP contribution is -2.48. The number of anilines is 4. The topological polar surface area (TPSA) is 71.3 Å². The van der Waals surface area contributed by atoms with Crippen LogP contribution in [0.5, 0.6) is 5.88 Å². The molecular weight excluding hydrogens is 421 g/mol. The molecule has 1 saturated heterocycles. The zero-order valence-electron chi connectivity index (χ0n) is 18.7. The fourth-order valence-electron chi connectivity index (χ4n) is 5.61. The number of halogens is 1. The number of piperidine rings is 1. The van der Waals surface area contributed by atoms with Gasteiger partial charge in [0, 0.05) is 55.9 Å². The Morgan fingerprint density at radius 1 is 1.03 bits per heavy atom. The molecule has 3 atom stereocenters. The zero-order valence-corrected chi connectivity index (χ0v) is 18.7. The maximum absolute atomic E-state index is 13.4. The second-order valence-electron chi connectivity index (χ2n) is 9.17. The van der Waals surface area contributed by atoms with E-state index in [0.29, 0.717) is 29.7 Å². The third kappa shape index (κ3) is 3.75. The van der Waals surface area contributed by atoms with Crippen LogP contribution in [0, 0.1) is 17.7 Å². The van der Waals surface area contributed by atoms with E-state index in [4.69, 9.17) is 14.8 Å². The van der Waals surface area contributed by atoms with Gasteiger partial charge in [0.25, 0.3) is 0 Å². The number of benzene rings is 1. The van der Waals surface area contributed by atoms with Crippen LogP contribution in [0.4, 0.5) is 27.7 Å². The van der Waals surface area contributed by atoms with Gasteiger partial charge in [0.15, 0.2) is 0 Å².